The van der Waals surface area contributed by atoms with Gasteiger partial charge in [-0.3, -0.25) is 9.48 Å². The molecular weight excluding hydrogens is 332 g/mol. The summed E-state index contributed by atoms with van der Waals surface area (Å²) < 4.78 is 25.7. The number of carbonyl (C=O) groups is 1. The van der Waals surface area contributed by atoms with Crippen molar-refractivity contribution in [3.05, 3.63) is 28.2 Å². The van der Waals surface area contributed by atoms with Crippen molar-refractivity contribution in [2.45, 2.75) is 18.9 Å². The number of hydrogen-bond donors (Lipinski definition) is 0. The Hall–Kier alpha value is -1.18. The summed E-state index contributed by atoms with van der Waals surface area (Å²) in [4.78, 5) is 12.1. The van der Waals surface area contributed by atoms with E-state index in [2.05, 4.69) is 5.10 Å². The van der Waals surface area contributed by atoms with Crippen LogP contribution < -0.4 is 0 Å². The quantitative estimate of drug-likeness (QED) is 0.802. The molecule has 1 atom stereocenters. The van der Waals surface area contributed by atoms with Gasteiger partial charge in [0.1, 0.15) is 5.69 Å². The number of rotatable bonds is 3. The number of halogens is 1. The third-order valence-corrected chi connectivity index (χ3v) is 6.84. The molecule has 0 N–H and O–H groups in total. The Labute approximate surface area is 131 Å². The first-order chi connectivity index (χ1) is 9.83. The van der Waals surface area contributed by atoms with Crippen molar-refractivity contribution < 1.29 is 13.2 Å². The summed E-state index contributed by atoms with van der Waals surface area (Å²) in [5.41, 5.74) is 0.391. The third-order valence-electron chi connectivity index (χ3n) is 3.71. The molecule has 0 bridgehead atoms. The van der Waals surface area contributed by atoms with E-state index in [1.807, 2.05) is 6.92 Å². The second-order valence-corrected chi connectivity index (χ2v) is 9.34. The molecular formula is C13H13ClN2O3S2. The van der Waals surface area contributed by atoms with Crippen LogP contribution in [0.1, 0.15) is 23.7 Å². The van der Waals surface area contributed by atoms with Gasteiger partial charge >= 0.3 is 0 Å². The summed E-state index contributed by atoms with van der Waals surface area (Å²) in [7, 11) is -3.04. The van der Waals surface area contributed by atoms with E-state index in [-0.39, 0.29) is 11.5 Å². The standard InChI is InChI=1S/C13H13ClN2O3S2/c1-13(4-5-21(18,19)8-13)16-6-9(7-17)12(15-16)10-2-3-11(14)20-10/h2-3,6-7H,4-5,8H2,1H3. The van der Waals surface area contributed by atoms with Crippen LogP contribution in [0.5, 0.6) is 0 Å². The van der Waals surface area contributed by atoms with E-state index in [0.717, 1.165) is 11.2 Å². The van der Waals surface area contributed by atoms with Gasteiger partial charge < -0.3 is 0 Å². The second kappa shape index (κ2) is 4.93. The molecule has 3 heterocycles. The van der Waals surface area contributed by atoms with Crippen LogP contribution >= 0.6 is 22.9 Å². The number of hydrogen-bond acceptors (Lipinski definition) is 5. The highest BCUT2D eigenvalue weighted by molar-refractivity contribution is 7.91. The first kappa shape index (κ1) is 14.7. The fourth-order valence-electron chi connectivity index (χ4n) is 2.56. The topological polar surface area (TPSA) is 69.0 Å². The highest BCUT2D eigenvalue weighted by Crippen LogP contribution is 2.35. The average molecular weight is 345 g/mol. The Kier molecular flexibility index (Phi) is 3.46. The lowest BCUT2D eigenvalue weighted by Crippen LogP contribution is -2.31. The summed E-state index contributed by atoms with van der Waals surface area (Å²) in [6.07, 6.45) is 2.86. The van der Waals surface area contributed by atoms with Crippen LogP contribution in [-0.4, -0.2) is 36.0 Å². The minimum Gasteiger partial charge on any atom is -0.298 e. The van der Waals surface area contributed by atoms with Gasteiger partial charge in [0.2, 0.25) is 0 Å². The molecule has 112 valence electrons. The molecule has 1 aliphatic rings. The van der Waals surface area contributed by atoms with Crippen LogP contribution in [0.25, 0.3) is 10.6 Å². The Balaban J connectivity index is 2.06. The Morgan fingerprint density at radius 2 is 2.24 bits per heavy atom. The predicted molar refractivity (Wildman–Crippen MR) is 82.9 cm³/mol. The largest absolute Gasteiger partial charge is 0.298 e. The number of thiophene rings is 1. The van der Waals surface area contributed by atoms with E-state index >= 15 is 0 Å². The zero-order valence-electron chi connectivity index (χ0n) is 11.2. The molecule has 1 unspecified atom stereocenters. The van der Waals surface area contributed by atoms with Crippen molar-refractivity contribution in [3.8, 4) is 10.6 Å². The van der Waals surface area contributed by atoms with Gasteiger partial charge in [-0.1, -0.05) is 11.6 Å². The van der Waals surface area contributed by atoms with Gasteiger partial charge in [-0.2, -0.15) is 5.10 Å². The minimum atomic E-state index is -3.04. The van der Waals surface area contributed by atoms with Gasteiger partial charge in [0, 0.05) is 6.20 Å². The summed E-state index contributed by atoms with van der Waals surface area (Å²) in [6, 6.07) is 3.55. The molecule has 0 aliphatic carbocycles. The zero-order chi connectivity index (χ0) is 15.3. The lowest BCUT2D eigenvalue weighted by molar-refractivity contribution is 0.112. The number of carbonyl (C=O) groups excluding carboxylic acids is 1. The van der Waals surface area contributed by atoms with Crippen molar-refractivity contribution in [1.82, 2.24) is 9.78 Å². The molecule has 5 nitrogen and oxygen atoms in total. The van der Waals surface area contributed by atoms with Gasteiger partial charge in [-0.15, -0.1) is 11.3 Å². The number of sulfone groups is 1. The molecule has 0 saturated carbocycles. The summed E-state index contributed by atoms with van der Waals surface area (Å²) >= 11 is 7.26. The summed E-state index contributed by atoms with van der Waals surface area (Å²) in [5, 5.41) is 4.46. The van der Waals surface area contributed by atoms with E-state index < -0.39 is 15.4 Å². The van der Waals surface area contributed by atoms with Crippen LogP contribution in [0.3, 0.4) is 0 Å². The van der Waals surface area contributed by atoms with Gasteiger partial charge in [0.05, 0.1) is 31.8 Å². The number of aldehydes is 1. The van der Waals surface area contributed by atoms with Crippen molar-refractivity contribution in [1.29, 1.82) is 0 Å². The Morgan fingerprint density at radius 3 is 2.76 bits per heavy atom. The smallest absolute Gasteiger partial charge is 0.153 e. The molecule has 2 aromatic rings. The lowest BCUT2D eigenvalue weighted by atomic mass is 10.0. The monoisotopic (exact) mass is 344 g/mol. The van der Waals surface area contributed by atoms with Crippen LogP contribution in [0.15, 0.2) is 18.3 Å². The molecule has 21 heavy (non-hydrogen) atoms. The van der Waals surface area contributed by atoms with E-state index in [1.165, 1.54) is 11.3 Å². The SMILES string of the molecule is CC1(n2cc(C=O)c(-c3ccc(Cl)s3)n2)CCS(=O)(=O)C1. The molecule has 0 radical (unpaired) electrons. The van der Waals surface area contributed by atoms with Gasteiger partial charge in [0.25, 0.3) is 0 Å². The molecule has 1 fully saturated rings. The van der Waals surface area contributed by atoms with Crippen LogP contribution in [0.4, 0.5) is 0 Å². The fraction of sp³-hybridized carbons (Fsp3) is 0.385. The second-order valence-electron chi connectivity index (χ2n) is 5.44. The van der Waals surface area contributed by atoms with Crippen LogP contribution in [0, 0.1) is 0 Å². The highest BCUT2D eigenvalue weighted by Gasteiger charge is 2.41. The molecule has 1 saturated heterocycles. The maximum atomic E-state index is 11.7. The first-order valence-electron chi connectivity index (χ1n) is 6.34. The normalized spacial score (nSPS) is 24.3. The van der Waals surface area contributed by atoms with E-state index in [1.54, 1.807) is 23.0 Å². The third kappa shape index (κ3) is 2.65. The summed E-state index contributed by atoms with van der Waals surface area (Å²) in [5.74, 6) is 0.199. The molecule has 1 aliphatic heterocycles. The maximum absolute atomic E-state index is 11.7. The maximum Gasteiger partial charge on any atom is 0.153 e. The van der Waals surface area contributed by atoms with Crippen molar-refractivity contribution in [2.75, 3.05) is 11.5 Å². The van der Waals surface area contributed by atoms with Crippen molar-refractivity contribution in [3.63, 3.8) is 0 Å². The molecule has 3 rings (SSSR count). The van der Waals surface area contributed by atoms with Gasteiger partial charge in [-0.25, -0.2) is 8.42 Å². The first-order valence-corrected chi connectivity index (χ1v) is 9.36. The number of nitrogens with zero attached hydrogens (tertiary/aromatic N) is 2. The molecule has 0 spiro atoms. The molecule has 2 aromatic heterocycles. The Morgan fingerprint density at radius 1 is 1.48 bits per heavy atom. The van der Waals surface area contributed by atoms with Gasteiger partial charge in [0.15, 0.2) is 16.1 Å². The number of aromatic nitrogens is 2. The minimum absolute atomic E-state index is 0.0462. The van der Waals surface area contributed by atoms with E-state index in [4.69, 9.17) is 11.6 Å². The molecule has 8 heteroatoms. The summed E-state index contributed by atoms with van der Waals surface area (Å²) in [6.45, 7) is 1.85. The molecule has 0 amide bonds. The predicted octanol–water partition coefficient (Wildman–Crippen LogP) is 2.61. The molecule has 0 aromatic carbocycles. The van der Waals surface area contributed by atoms with Crippen molar-refractivity contribution in [2.24, 2.45) is 0 Å². The fourth-order valence-corrected chi connectivity index (χ4v) is 5.73. The average Bonchev–Trinajstić information content (AvgIpc) is 3.07. The van der Waals surface area contributed by atoms with E-state index in [0.29, 0.717) is 22.0 Å². The van der Waals surface area contributed by atoms with Crippen LogP contribution in [-0.2, 0) is 15.4 Å². The van der Waals surface area contributed by atoms with E-state index in [9.17, 15) is 13.2 Å². The van der Waals surface area contributed by atoms with Gasteiger partial charge in [-0.05, 0) is 25.5 Å². The highest BCUT2D eigenvalue weighted by atomic mass is 35.5. The lowest BCUT2D eigenvalue weighted by Gasteiger charge is -2.22. The zero-order valence-corrected chi connectivity index (χ0v) is 13.6. The Bertz CT molecular complexity index is 809. The van der Waals surface area contributed by atoms with Crippen LogP contribution in [0.2, 0.25) is 4.34 Å². The van der Waals surface area contributed by atoms with Crippen molar-refractivity contribution >= 4 is 39.1 Å².